The molecule has 0 aromatic heterocycles. The van der Waals surface area contributed by atoms with Crippen LogP contribution in [-0.4, -0.2) is 4.92 Å². The molecule has 1 rings (SSSR count). The Balaban J connectivity index is 2.96. The smallest absolute Gasteiger partial charge is 0.258 e. The van der Waals surface area contributed by atoms with Gasteiger partial charge in [-0.3, -0.25) is 10.1 Å². The van der Waals surface area contributed by atoms with Gasteiger partial charge >= 0.3 is 0 Å². The minimum absolute atomic E-state index is 0.0366. The summed E-state index contributed by atoms with van der Waals surface area (Å²) < 4.78 is 0. The summed E-state index contributed by atoms with van der Waals surface area (Å²) in [5, 5.41) is 19.1. The summed E-state index contributed by atoms with van der Waals surface area (Å²) in [7, 11) is 0. The molecule has 0 aliphatic rings. The number of benzene rings is 1. The van der Waals surface area contributed by atoms with Crippen LogP contribution in [-0.2, 0) is 6.42 Å². The normalized spacial score (nSPS) is 9.43. The number of hydrogen-bond acceptors (Lipinski definition) is 3. The zero-order valence-electron chi connectivity index (χ0n) is 7.24. The highest BCUT2D eigenvalue weighted by atomic mass is 35.5. The van der Waals surface area contributed by atoms with E-state index in [9.17, 15) is 10.1 Å². The summed E-state index contributed by atoms with van der Waals surface area (Å²) in [6, 6.07) is 6.33. The highest BCUT2D eigenvalue weighted by Crippen LogP contribution is 2.21. The van der Waals surface area contributed by atoms with Gasteiger partial charge in [-0.2, -0.15) is 5.26 Å². The van der Waals surface area contributed by atoms with Crippen molar-refractivity contribution in [1.82, 2.24) is 0 Å². The maximum absolute atomic E-state index is 10.5. The second kappa shape index (κ2) is 4.58. The summed E-state index contributed by atoms with van der Waals surface area (Å²) >= 11 is 5.69. The second-order valence-corrected chi connectivity index (χ2v) is 3.17. The van der Waals surface area contributed by atoms with Gasteiger partial charge in [0.05, 0.1) is 11.0 Å². The maximum atomic E-state index is 10.5. The average Bonchev–Trinajstić information content (AvgIpc) is 2.14. The topological polar surface area (TPSA) is 66.9 Å². The third-order valence-electron chi connectivity index (χ3n) is 1.68. The maximum Gasteiger partial charge on any atom is 0.271 e. The van der Waals surface area contributed by atoms with E-state index in [0.717, 1.165) is 0 Å². The van der Waals surface area contributed by atoms with Gasteiger partial charge in [0.25, 0.3) is 5.69 Å². The van der Waals surface area contributed by atoms with E-state index in [1.54, 1.807) is 6.07 Å². The molecule has 0 atom stereocenters. The molecule has 4 nitrogen and oxygen atoms in total. The predicted molar refractivity (Wildman–Crippen MR) is 52.0 cm³/mol. The molecule has 1 aromatic carbocycles. The first-order chi connectivity index (χ1) is 6.63. The lowest BCUT2D eigenvalue weighted by molar-refractivity contribution is -0.384. The van der Waals surface area contributed by atoms with Crippen LogP contribution in [0.5, 0.6) is 0 Å². The first kappa shape index (κ1) is 10.5. The van der Waals surface area contributed by atoms with Crippen LogP contribution in [0.4, 0.5) is 5.69 Å². The van der Waals surface area contributed by atoms with Crippen molar-refractivity contribution < 1.29 is 4.92 Å². The molecule has 0 aliphatic carbocycles. The Labute approximate surface area is 85.9 Å². The van der Waals surface area contributed by atoms with E-state index in [4.69, 9.17) is 16.9 Å². The summed E-state index contributed by atoms with van der Waals surface area (Å²) in [6.07, 6.45) is 0.815. The molecule has 0 saturated heterocycles. The molecule has 0 aliphatic heterocycles. The molecule has 72 valence electrons. The first-order valence-corrected chi connectivity index (χ1v) is 4.32. The standard InChI is InChI=1S/C9H7ClN2O2/c10-8-4-7(2-1-3-11)5-9(6-8)12(13)14/h4-6H,1-2H2. The fourth-order valence-electron chi connectivity index (χ4n) is 1.08. The van der Waals surface area contributed by atoms with Gasteiger partial charge in [0.2, 0.25) is 0 Å². The number of rotatable bonds is 3. The number of nitriles is 1. The summed E-state index contributed by atoms with van der Waals surface area (Å²) in [6.45, 7) is 0. The largest absolute Gasteiger partial charge is 0.271 e. The van der Waals surface area contributed by atoms with E-state index in [1.807, 2.05) is 6.07 Å². The van der Waals surface area contributed by atoms with Crippen LogP contribution in [0.3, 0.4) is 0 Å². The molecule has 0 bridgehead atoms. The van der Waals surface area contributed by atoms with E-state index in [2.05, 4.69) is 0 Å². The van der Waals surface area contributed by atoms with Gasteiger partial charge < -0.3 is 0 Å². The Hall–Kier alpha value is -1.60. The molecular weight excluding hydrogens is 204 g/mol. The summed E-state index contributed by atoms with van der Waals surface area (Å²) in [5.41, 5.74) is 0.677. The highest BCUT2D eigenvalue weighted by Gasteiger charge is 2.08. The van der Waals surface area contributed by atoms with Crippen molar-refractivity contribution in [2.75, 3.05) is 0 Å². The molecule has 0 N–H and O–H groups in total. The van der Waals surface area contributed by atoms with Crippen LogP contribution < -0.4 is 0 Å². The van der Waals surface area contributed by atoms with E-state index in [1.165, 1.54) is 12.1 Å². The van der Waals surface area contributed by atoms with Crippen LogP contribution in [0, 0.1) is 21.4 Å². The fraction of sp³-hybridized carbons (Fsp3) is 0.222. The molecule has 0 fully saturated rings. The Kier molecular flexibility index (Phi) is 3.43. The molecule has 0 amide bonds. The van der Waals surface area contributed by atoms with Gasteiger partial charge in [-0.1, -0.05) is 11.6 Å². The SMILES string of the molecule is N#CCCc1cc(Cl)cc([N+](=O)[O-])c1. The molecule has 0 radical (unpaired) electrons. The monoisotopic (exact) mass is 210 g/mol. The van der Waals surface area contributed by atoms with E-state index < -0.39 is 4.92 Å². The van der Waals surface area contributed by atoms with Crippen molar-refractivity contribution in [2.24, 2.45) is 0 Å². The molecule has 0 saturated carbocycles. The molecule has 0 unspecified atom stereocenters. The van der Waals surface area contributed by atoms with Gasteiger partial charge in [-0.05, 0) is 18.1 Å². The Morgan fingerprint density at radius 1 is 1.50 bits per heavy atom. The molecule has 0 heterocycles. The third-order valence-corrected chi connectivity index (χ3v) is 1.90. The van der Waals surface area contributed by atoms with Crippen LogP contribution >= 0.6 is 11.6 Å². The average molecular weight is 211 g/mol. The molecular formula is C9H7ClN2O2. The van der Waals surface area contributed by atoms with E-state index in [-0.39, 0.29) is 5.69 Å². The quantitative estimate of drug-likeness (QED) is 0.569. The van der Waals surface area contributed by atoms with Crippen LogP contribution in [0.2, 0.25) is 5.02 Å². The number of nitrogens with zero attached hydrogens (tertiary/aromatic N) is 2. The summed E-state index contributed by atoms with van der Waals surface area (Å²) in [5.74, 6) is 0. The second-order valence-electron chi connectivity index (χ2n) is 2.73. The van der Waals surface area contributed by atoms with Gasteiger partial charge in [-0.15, -0.1) is 0 Å². The van der Waals surface area contributed by atoms with Crippen LogP contribution in [0.1, 0.15) is 12.0 Å². The number of nitro groups is 1. The van der Waals surface area contributed by atoms with Crippen molar-refractivity contribution in [2.45, 2.75) is 12.8 Å². The fourth-order valence-corrected chi connectivity index (χ4v) is 1.34. The number of aryl methyl sites for hydroxylation is 1. The predicted octanol–water partition coefficient (Wildman–Crippen LogP) is 2.70. The summed E-state index contributed by atoms with van der Waals surface area (Å²) in [4.78, 5) is 9.96. The molecule has 5 heteroatoms. The van der Waals surface area contributed by atoms with Crippen LogP contribution in [0.15, 0.2) is 18.2 Å². The lowest BCUT2D eigenvalue weighted by Crippen LogP contribution is -1.91. The lowest BCUT2D eigenvalue weighted by Gasteiger charge is -1.98. The van der Waals surface area contributed by atoms with Crippen molar-refractivity contribution in [3.8, 4) is 6.07 Å². The number of nitro benzene ring substituents is 1. The third kappa shape index (κ3) is 2.71. The minimum atomic E-state index is -0.498. The Morgan fingerprint density at radius 3 is 2.79 bits per heavy atom. The Bertz CT molecular complexity index is 398. The lowest BCUT2D eigenvalue weighted by atomic mass is 10.1. The molecule has 1 aromatic rings. The minimum Gasteiger partial charge on any atom is -0.258 e. The van der Waals surface area contributed by atoms with Crippen molar-refractivity contribution in [3.63, 3.8) is 0 Å². The number of non-ortho nitro benzene ring substituents is 1. The first-order valence-electron chi connectivity index (χ1n) is 3.94. The van der Waals surface area contributed by atoms with Gasteiger partial charge in [0.1, 0.15) is 0 Å². The van der Waals surface area contributed by atoms with E-state index in [0.29, 0.717) is 23.4 Å². The van der Waals surface area contributed by atoms with Crippen molar-refractivity contribution in [1.29, 1.82) is 5.26 Å². The van der Waals surface area contributed by atoms with Crippen molar-refractivity contribution >= 4 is 17.3 Å². The number of halogens is 1. The molecule has 14 heavy (non-hydrogen) atoms. The van der Waals surface area contributed by atoms with Gasteiger partial charge in [0.15, 0.2) is 0 Å². The van der Waals surface area contributed by atoms with Gasteiger partial charge in [0, 0.05) is 23.6 Å². The molecule has 0 spiro atoms. The van der Waals surface area contributed by atoms with Gasteiger partial charge in [-0.25, -0.2) is 0 Å². The number of hydrogen-bond donors (Lipinski definition) is 0. The van der Waals surface area contributed by atoms with Crippen LogP contribution in [0.25, 0.3) is 0 Å². The van der Waals surface area contributed by atoms with E-state index >= 15 is 0 Å². The van der Waals surface area contributed by atoms with Crippen molar-refractivity contribution in [3.05, 3.63) is 38.9 Å². The Morgan fingerprint density at radius 2 is 2.21 bits per heavy atom. The zero-order valence-corrected chi connectivity index (χ0v) is 7.99. The highest BCUT2D eigenvalue weighted by molar-refractivity contribution is 6.30. The zero-order chi connectivity index (χ0) is 10.6.